The third-order valence-corrected chi connectivity index (χ3v) is 3.08. The lowest BCUT2D eigenvalue weighted by Crippen LogP contribution is -2.18. The first-order valence-electron chi connectivity index (χ1n) is 6.60. The molecule has 1 heteroatoms. The second-order valence-electron chi connectivity index (χ2n) is 4.56. The van der Waals surface area contributed by atoms with Gasteiger partial charge in [0.05, 0.1) is 0 Å². The Kier molecular flexibility index (Phi) is 6.91. The van der Waals surface area contributed by atoms with Crippen molar-refractivity contribution in [1.82, 2.24) is 5.32 Å². The van der Waals surface area contributed by atoms with Gasteiger partial charge in [-0.1, -0.05) is 57.0 Å². The highest BCUT2D eigenvalue weighted by Gasteiger charge is 2.03. The number of hydrogen-bond donors (Lipinski definition) is 1. The maximum Gasteiger partial charge on any atom is -0.00432 e. The summed E-state index contributed by atoms with van der Waals surface area (Å²) in [5.41, 5.74) is 1.46. The van der Waals surface area contributed by atoms with Crippen LogP contribution in [0.1, 0.15) is 51.0 Å². The molecular formula is C15H25N. The molecule has 1 unspecified atom stereocenters. The van der Waals surface area contributed by atoms with Gasteiger partial charge in [-0.15, -0.1) is 0 Å². The summed E-state index contributed by atoms with van der Waals surface area (Å²) >= 11 is 0. The van der Waals surface area contributed by atoms with Crippen molar-refractivity contribution >= 4 is 0 Å². The Balaban J connectivity index is 2.09. The van der Waals surface area contributed by atoms with E-state index >= 15 is 0 Å². The van der Waals surface area contributed by atoms with Crippen LogP contribution < -0.4 is 5.32 Å². The standard InChI is InChI=1S/C15H25N/c1-3-4-8-12-16-13-11-14(2)15-9-6-5-7-10-15/h5-7,9-10,14,16H,3-4,8,11-13H2,1-2H3. The van der Waals surface area contributed by atoms with Crippen LogP contribution in [0.5, 0.6) is 0 Å². The van der Waals surface area contributed by atoms with Gasteiger partial charge in [0.2, 0.25) is 0 Å². The Morgan fingerprint density at radius 2 is 1.81 bits per heavy atom. The summed E-state index contributed by atoms with van der Waals surface area (Å²) in [6.45, 7) is 6.87. The van der Waals surface area contributed by atoms with Crippen LogP contribution in [0.3, 0.4) is 0 Å². The number of nitrogens with one attached hydrogen (secondary N) is 1. The molecule has 0 saturated heterocycles. The molecule has 1 rings (SSSR count). The van der Waals surface area contributed by atoms with Gasteiger partial charge in [0.1, 0.15) is 0 Å². The third kappa shape index (κ3) is 5.32. The SMILES string of the molecule is CCCCCNCCC(C)c1ccccc1. The largest absolute Gasteiger partial charge is 0.317 e. The summed E-state index contributed by atoms with van der Waals surface area (Å²) in [5, 5.41) is 3.52. The highest BCUT2D eigenvalue weighted by Crippen LogP contribution is 2.17. The molecule has 1 aromatic rings. The fourth-order valence-electron chi connectivity index (χ4n) is 1.89. The van der Waals surface area contributed by atoms with E-state index in [0.717, 1.165) is 6.54 Å². The summed E-state index contributed by atoms with van der Waals surface area (Å²) in [4.78, 5) is 0. The Hall–Kier alpha value is -0.820. The fourth-order valence-corrected chi connectivity index (χ4v) is 1.89. The fraction of sp³-hybridized carbons (Fsp3) is 0.600. The Morgan fingerprint density at radius 3 is 2.50 bits per heavy atom. The van der Waals surface area contributed by atoms with E-state index in [1.54, 1.807) is 0 Å². The summed E-state index contributed by atoms with van der Waals surface area (Å²) in [6, 6.07) is 10.8. The lowest BCUT2D eigenvalue weighted by Gasteiger charge is -2.12. The Bertz CT molecular complexity index is 255. The van der Waals surface area contributed by atoms with Crippen LogP contribution in [-0.2, 0) is 0 Å². The molecule has 90 valence electrons. The predicted molar refractivity (Wildman–Crippen MR) is 71.9 cm³/mol. The molecule has 1 nitrogen and oxygen atoms in total. The van der Waals surface area contributed by atoms with E-state index in [1.165, 1.54) is 37.8 Å². The molecule has 1 aromatic carbocycles. The summed E-state index contributed by atoms with van der Waals surface area (Å²) in [6.07, 6.45) is 5.20. The molecule has 1 atom stereocenters. The molecule has 0 amide bonds. The van der Waals surface area contributed by atoms with Crippen LogP contribution in [0.2, 0.25) is 0 Å². The Morgan fingerprint density at radius 1 is 1.06 bits per heavy atom. The molecule has 0 aliphatic rings. The monoisotopic (exact) mass is 219 g/mol. The molecule has 0 radical (unpaired) electrons. The first-order valence-corrected chi connectivity index (χ1v) is 6.60. The molecule has 0 saturated carbocycles. The van der Waals surface area contributed by atoms with Crippen molar-refractivity contribution in [1.29, 1.82) is 0 Å². The zero-order valence-electron chi connectivity index (χ0n) is 10.7. The van der Waals surface area contributed by atoms with Gasteiger partial charge >= 0.3 is 0 Å². The van der Waals surface area contributed by atoms with Crippen LogP contribution in [-0.4, -0.2) is 13.1 Å². The van der Waals surface area contributed by atoms with Crippen LogP contribution in [0.15, 0.2) is 30.3 Å². The van der Waals surface area contributed by atoms with Gasteiger partial charge < -0.3 is 5.32 Å². The zero-order chi connectivity index (χ0) is 11.6. The van der Waals surface area contributed by atoms with Crippen LogP contribution in [0, 0.1) is 0 Å². The van der Waals surface area contributed by atoms with Gasteiger partial charge in [0.25, 0.3) is 0 Å². The lowest BCUT2D eigenvalue weighted by molar-refractivity contribution is 0.568. The summed E-state index contributed by atoms with van der Waals surface area (Å²) < 4.78 is 0. The van der Waals surface area contributed by atoms with Gasteiger partial charge in [-0.2, -0.15) is 0 Å². The van der Waals surface area contributed by atoms with Gasteiger partial charge in [-0.05, 0) is 37.4 Å². The Labute approximate surface area is 100 Å². The maximum absolute atomic E-state index is 3.52. The van der Waals surface area contributed by atoms with E-state index in [1.807, 2.05) is 0 Å². The van der Waals surface area contributed by atoms with Crippen molar-refractivity contribution < 1.29 is 0 Å². The van der Waals surface area contributed by atoms with Crippen molar-refractivity contribution in [3.63, 3.8) is 0 Å². The lowest BCUT2D eigenvalue weighted by atomic mass is 9.98. The molecule has 0 aromatic heterocycles. The molecule has 0 fully saturated rings. The van der Waals surface area contributed by atoms with Gasteiger partial charge in [0, 0.05) is 0 Å². The number of benzene rings is 1. The van der Waals surface area contributed by atoms with Gasteiger partial charge in [-0.3, -0.25) is 0 Å². The van der Waals surface area contributed by atoms with E-state index < -0.39 is 0 Å². The second-order valence-corrected chi connectivity index (χ2v) is 4.56. The normalized spacial score (nSPS) is 12.6. The second kappa shape index (κ2) is 8.35. The predicted octanol–water partition coefficient (Wildman–Crippen LogP) is 3.96. The molecule has 0 heterocycles. The molecule has 0 spiro atoms. The minimum atomic E-state index is 0.667. The summed E-state index contributed by atoms with van der Waals surface area (Å²) in [5.74, 6) is 0.667. The zero-order valence-corrected chi connectivity index (χ0v) is 10.7. The smallest absolute Gasteiger partial charge is 0.00432 e. The van der Waals surface area contributed by atoms with E-state index in [-0.39, 0.29) is 0 Å². The first-order chi connectivity index (χ1) is 7.84. The van der Waals surface area contributed by atoms with Crippen molar-refractivity contribution in [3.05, 3.63) is 35.9 Å². The molecular weight excluding hydrogens is 194 g/mol. The van der Waals surface area contributed by atoms with E-state index in [2.05, 4.69) is 49.5 Å². The van der Waals surface area contributed by atoms with E-state index in [0.29, 0.717) is 5.92 Å². The van der Waals surface area contributed by atoms with Crippen molar-refractivity contribution in [2.75, 3.05) is 13.1 Å². The number of unbranched alkanes of at least 4 members (excludes halogenated alkanes) is 2. The van der Waals surface area contributed by atoms with Crippen molar-refractivity contribution in [3.8, 4) is 0 Å². The highest BCUT2D eigenvalue weighted by atomic mass is 14.8. The first kappa shape index (κ1) is 13.2. The third-order valence-electron chi connectivity index (χ3n) is 3.08. The number of rotatable bonds is 8. The van der Waals surface area contributed by atoms with E-state index in [4.69, 9.17) is 0 Å². The average Bonchev–Trinajstić information content (AvgIpc) is 2.34. The molecule has 0 aliphatic carbocycles. The molecule has 0 aliphatic heterocycles. The molecule has 16 heavy (non-hydrogen) atoms. The summed E-state index contributed by atoms with van der Waals surface area (Å²) in [7, 11) is 0. The van der Waals surface area contributed by atoms with Gasteiger partial charge in [0.15, 0.2) is 0 Å². The average molecular weight is 219 g/mol. The van der Waals surface area contributed by atoms with Crippen molar-refractivity contribution in [2.45, 2.75) is 45.4 Å². The maximum atomic E-state index is 3.52. The number of hydrogen-bond acceptors (Lipinski definition) is 1. The van der Waals surface area contributed by atoms with Crippen LogP contribution >= 0.6 is 0 Å². The molecule has 1 N–H and O–H groups in total. The van der Waals surface area contributed by atoms with Gasteiger partial charge in [-0.25, -0.2) is 0 Å². The van der Waals surface area contributed by atoms with E-state index in [9.17, 15) is 0 Å². The van der Waals surface area contributed by atoms with Crippen LogP contribution in [0.4, 0.5) is 0 Å². The minimum absolute atomic E-state index is 0.667. The minimum Gasteiger partial charge on any atom is -0.317 e. The molecule has 0 bridgehead atoms. The topological polar surface area (TPSA) is 12.0 Å². The van der Waals surface area contributed by atoms with Crippen molar-refractivity contribution in [2.24, 2.45) is 0 Å². The van der Waals surface area contributed by atoms with Crippen LogP contribution in [0.25, 0.3) is 0 Å². The highest BCUT2D eigenvalue weighted by molar-refractivity contribution is 5.18. The quantitative estimate of drug-likeness (QED) is 0.653.